The summed E-state index contributed by atoms with van der Waals surface area (Å²) in [4.78, 5) is 24.5. The van der Waals surface area contributed by atoms with Crippen molar-refractivity contribution in [2.75, 3.05) is 13.2 Å². The number of unbranched alkanes of at least 4 members (excludes halogenated alkanes) is 29. The van der Waals surface area contributed by atoms with Crippen LogP contribution in [0.4, 0.5) is 0 Å². The van der Waals surface area contributed by atoms with E-state index in [-0.39, 0.29) is 5.91 Å². The van der Waals surface area contributed by atoms with Crippen LogP contribution in [0.3, 0.4) is 0 Å². The van der Waals surface area contributed by atoms with Crippen LogP contribution in [-0.2, 0) is 14.3 Å². The Bertz CT molecular complexity index is 597. The van der Waals surface area contributed by atoms with Crippen LogP contribution in [0.15, 0.2) is 0 Å². The number of hydrogen-bond acceptors (Lipinski definition) is 4. The van der Waals surface area contributed by atoms with Crippen molar-refractivity contribution in [3.63, 3.8) is 0 Å². The van der Waals surface area contributed by atoms with Crippen molar-refractivity contribution in [1.29, 1.82) is 0 Å². The predicted octanol–water partition coefficient (Wildman–Crippen LogP) is 11.5. The molecule has 0 aliphatic carbocycles. The molecule has 0 aromatic heterocycles. The number of nitrogens with one attached hydrogen (secondary N) is 1. The summed E-state index contributed by atoms with van der Waals surface area (Å²) < 4.78 is 5.33. The van der Waals surface area contributed by atoms with Gasteiger partial charge in [-0.05, 0) is 12.8 Å². The third-order valence-electron chi connectivity index (χ3n) is 9.05. The van der Waals surface area contributed by atoms with Gasteiger partial charge >= 0.3 is 5.97 Å². The summed E-state index contributed by atoms with van der Waals surface area (Å²) in [7, 11) is 0. The molecule has 1 atom stereocenters. The highest BCUT2D eigenvalue weighted by molar-refractivity contribution is 5.84. The number of esters is 1. The van der Waals surface area contributed by atoms with Crippen LogP contribution >= 0.6 is 0 Å². The molecular weight excluding hydrogens is 546 g/mol. The Morgan fingerprint density at radius 1 is 0.477 bits per heavy atom. The van der Waals surface area contributed by atoms with Crippen molar-refractivity contribution < 1.29 is 19.4 Å². The summed E-state index contributed by atoms with van der Waals surface area (Å²) in [6, 6.07) is -0.945. The summed E-state index contributed by atoms with van der Waals surface area (Å²) in [6.45, 7) is 4.50. The maximum Gasteiger partial charge on any atom is 0.331 e. The molecule has 0 unspecified atom stereocenters. The third kappa shape index (κ3) is 32.3. The quantitative estimate of drug-likeness (QED) is 0.0538. The minimum Gasteiger partial charge on any atom is -0.464 e. The molecule has 0 aliphatic heterocycles. The van der Waals surface area contributed by atoms with Gasteiger partial charge in [-0.2, -0.15) is 0 Å². The molecule has 5 nitrogen and oxygen atoms in total. The zero-order valence-corrected chi connectivity index (χ0v) is 29.8. The van der Waals surface area contributed by atoms with E-state index in [0.29, 0.717) is 13.0 Å². The third-order valence-corrected chi connectivity index (χ3v) is 9.05. The molecular formula is C39H77NO4. The zero-order chi connectivity index (χ0) is 32.2. The van der Waals surface area contributed by atoms with E-state index < -0.39 is 18.6 Å². The molecule has 0 aromatic rings. The molecule has 0 spiro atoms. The first-order chi connectivity index (χ1) is 21.7. The molecule has 0 radical (unpaired) electrons. The van der Waals surface area contributed by atoms with E-state index in [0.717, 1.165) is 32.1 Å². The Hall–Kier alpha value is -1.10. The number of carbonyl (C=O) groups is 2. The maximum atomic E-state index is 12.3. The molecule has 0 saturated heterocycles. The Morgan fingerprint density at radius 2 is 0.773 bits per heavy atom. The average Bonchev–Trinajstić information content (AvgIpc) is 3.03. The minimum atomic E-state index is -0.945. The highest BCUT2D eigenvalue weighted by atomic mass is 16.5. The lowest BCUT2D eigenvalue weighted by Gasteiger charge is -2.15. The van der Waals surface area contributed by atoms with E-state index in [1.807, 2.05) is 0 Å². The van der Waals surface area contributed by atoms with Crippen molar-refractivity contribution in [2.45, 2.75) is 225 Å². The molecule has 1 amide bonds. The van der Waals surface area contributed by atoms with Crippen molar-refractivity contribution in [3.05, 3.63) is 0 Å². The Labute approximate surface area is 274 Å². The van der Waals surface area contributed by atoms with Gasteiger partial charge in [0.05, 0.1) is 13.2 Å². The fraction of sp³-hybridized carbons (Fsp3) is 0.949. The van der Waals surface area contributed by atoms with Crippen LogP contribution < -0.4 is 5.32 Å². The van der Waals surface area contributed by atoms with Crippen LogP contribution in [0.25, 0.3) is 0 Å². The monoisotopic (exact) mass is 624 g/mol. The van der Waals surface area contributed by atoms with Gasteiger partial charge in [0, 0.05) is 6.42 Å². The summed E-state index contributed by atoms with van der Waals surface area (Å²) in [5.74, 6) is -0.684. The highest BCUT2D eigenvalue weighted by Gasteiger charge is 2.21. The van der Waals surface area contributed by atoms with Gasteiger partial charge in [-0.25, -0.2) is 4.79 Å². The number of hydrogen-bond donors (Lipinski definition) is 2. The van der Waals surface area contributed by atoms with Gasteiger partial charge in [-0.3, -0.25) is 4.79 Å². The van der Waals surface area contributed by atoms with E-state index in [9.17, 15) is 14.7 Å². The van der Waals surface area contributed by atoms with Crippen LogP contribution in [0, 0.1) is 0 Å². The lowest BCUT2D eigenvalue weighted by Crippen LogP contribution is -2.44. The Kier molecular flexibility index (Phi) is 35.5. The second-order valence-corrected chi connectivity index (χ2v) is 13.5. The molecule has 0 fully saturated rings. The molecule has 0 aliphatic rings. The second kappa shape index (κ2) is 36.4. The number of aliphatic hydroxyl groups is 1. The molecule has 2 N–H and O–H groups in total. The van der Waals surface area contributed by atoms with E-state index >= 15 is 0 Å². The Morgan fingerprint density at radius 3 is 1.09 bits per heavy atom. The van der Waals surface area contributed by atoms with E-state index in [1.54, 1.807) is 0 Å². The van der Waals surface area contributed by atoms with E-state index in [4.69, 9.17) is 4.74 Å². The number of ether oxygens (including phenoxy) is 1. The molecule has 0 rings (SSSR count). The average molecular weight is 624 g/mol. The predicted molar refractivity (Wildman–Crippen MR) is 189 cm³/mol. The normalized spacial score (nSPS) is 12.0. The van der Waals surface area contributed by atoms with Crippen molar-refractivity contribution >= 4 is 11.9 Å². The molecule has 5 heteroatoms. The number of aliphatic hydroxyl groups excluding tert-OH is 1. The number of rotatable bonds is 36. The topological polar surface area (TPSA) is 75.6 Å². The van der Waals surface area contributed by atoms with Gasteiger partial charge in [-0.1, -0.05) is 200 Å². The number of carbonyl (C=O) groups excluding carboxylic acids is 2. The van der Waals surface area contributed by atoms with Gasteiger partial charge in [0.25, 0.3) is 0 Å². The van der Waals surface area contributed by atoms with Gasteiger partial charge < -0.3 is 15.2 Å². The first kappa shape index (κ1) is 42.9. The Balaban J connectivity index is 3.50. The van der Waals surface area contributed by atoms with E-state index in [1.165, 1.54) is 167 Å². The molecule has 0 aromatic carbocycles. The van der Waals surface area contributed by atoms with Crippen LogP contribution in [0.2, 0.25) is 0 Å². The maximum absolute atomic E-state index is 12.3. The van der Waals surface area contributed by atoms with Gasteiger partial charge in [0.1, 0.15) is 0 Å². The fourth-order valence-electron chi connectivity index (χ4n) is 6.03. The molecule has 262 valence electrons. The zero-order valence-electron chi connectivity index (χ0n) is 29.8. The van der Waals surface area contributed by atoms with Crippen molar-refractivity contribution in [3.8, 4) is 0 Å². The summed E-state index contributed by atoms with van der Waals surface area (Å²) in [6.07, 6.45) is 40.7. The first-order valence-corrected chi connectivity index (χ1v) is 19.7. The van der Waals surface area contributed by atoms with Crippen molar-refractivity contribution in [1.82, 2.24) is 5.32 Å². The largest absolute Gasteiger partial charge is 0.464 e. The van der Waals surface area contributed by atoms with Gasteiger partial charge in [0.2, 0.25) is 5.91 Å². The molecule has 0 bridgehead atoms. The lowest BCUT2D eigenvalue weighted by atomic mass is 10.0. The van der Waals surface area contributed by atoms with Crippen LogP contribution in [0.1, 0.15) is 219 Å². The van der Waals surface area contributed by atoms with Crippen molar-refractivity contribution in [2.24, 2.45) is 0 Å². The van der Waals surface area contributed by atoms with E-state index in [2.05, 4.69) is 19.2 Å². The number of amides is 1. The van der Waals surface area contributed by atoms with Gasteiger partial charge in [-0.15, -0.1) is 0 Å². The highest BCUT2D eigenvalue weighted by Crippen LogP contribution is 2.15. The molecule has 0 saturated carbocycles. The lowest BCUT2D eigenvalue weighted by molar-refractivity contribution is -0.149. The summed E-state index contributed by atoms with van der Waals surface area (Å²) in [5, 5.41) is 12.2. The minimum absolute atomic E-state index is 0.168. The van der Waals surface area contributed by atoms with Crippen LogP contribution in [-0.4, -0.2) is 36.2 Å². The summed E-state index contributed by atoms with van der Waals surface area (Å²) >= 11 is 0. The van der Waals surface area contributed by atoms with Gasteiger partial charge in [0.15, 0.2) is 6.04 Å². The SMILES string of the molecule is CCCCCCCCCCCCCCCCCCOC(=O)[C@H](CO)NC(=O)CCCCCCCCCCCCCCCCC. The molecule has 0 heterocycles. The standard InChI is InChI=1S/C39H77NO4/c1-3-5-7-9-11-13-15-17-19-21-23-25-27-29-31-33-35-44-39(43)37(36-41)40-38(42)34-32-30-28-26-24-22-20-18-16-14-12-10-8-6-4-2/h37,41H,3-36H2,1-2H3,(H,40,42)/t37-/m0/s1. The second-order valence-electron chi connectivity index (χ2n) is 13.5. The first-order valence-electron chi connectivity index (χ1n) is 19.7. The van der Waals surface area contributed by atoms with Crippen LogP contribution in [0.5, 0.6) is 0 Å². The molecule has 44 heavy (non-hydrogen) atoms. The summed E-state index contributed by atoms with van der Waals surface area (Å²) in [5.41, 5.74) is 0. The fourth-order valence-corrected chi connectivity index (χ4v) is 6.03. The smallest absolute Gasteiger partial charge is 0.331 e.